The smallest absolute Gasteiger partial charge is 0.144 e. The van der Waals surface area contributed by atoms with Gasteiger partial charge in [-0.2, -0.15) is 0 Å². The minimum absolute atomic E-state index is 0.637. The highest BCUT2D eigenvalue weighted by Crippen LogP contribution is 2.25. The number of nitrogens with one attached hydrogen (secondary N) is 1. The predicted molar refractivity (Wildman–Crippen MR) is 87.5 cm³/mol. The van der Waals surface area contributed by atoms with Crippen molar-refractivity contribution >= 4 is 33.3 Å². The number of aromatic nitrogens is 2. The highest BCUT2D eigenvalue weighted by molar-refractivity contribution is 9.10. The Hall–Kier alpha value is -1.13. The number of anilines is 1. The highest BCUT2D eigenvalue weighted by atomic mass is 79.9. The first-order valence-corrected chi connectivity index (χ1v) is 7.85. The van der Waals surface area contributed by atoms with Crippen molar-refractivity contribution in [3.63, 3.8) is 0 Å². The molecule has 1 N–H and O–H groups in total. The van der Waals surface area contributed by atoms with Crippen molar-refractivity contribution in [3.8, 4) is 0 Å². The molecule has 1 aromatic carbocycles. The lowest BCUT2D eigenvalue weighted by Gasteiger charge is -2.11. The molecule has 0 aliphatic heterocycles. The van der Waals surface area contributed by atoms with E-state index in [9.17, 15) is 0 Å². The highest BCUT2D eigenvalue weighted by Gasteiger charge is 2.12. The fourth-order valence-corrected chi connectivity index (χ4v) is 2.76. The van der Waals surface area contributed by atoms with Gasteiger partial charge in [0.25, 0.3) is 0 Å². The van der Waals surface area contributed by atoms with Crippen LogP contribution in [-0.4, -0.2) is 16.5 Å². The summed E-state index contributed by atoms with van der Waals surface area (Å²) in [5.41, 5.74) is 2.05. The summed E-state index contributed by atoms with van der Waals surface area (Å²) in [6.07, 6.45) is 1.50. The molecule has 0 amide bonds. The average Bonchev–Trinajstić information content (AvgIpc) is 2.45. The second-order valence-corrected chi connectivity index (χ2v) is 5.60. The van der Waals surface area contributed by atoms with Crippen molar-refractivity contribution in [2.45, 2.75) is 26.7 Å². The van der Waals surface area contributed by atoms with Crippen LogP contribution in [0.25, 0.3) is 0 Å². The Bertz CT molecular complexity index is 602. The Kier molecular flexibility index (Phi) is 5.38. The van der Waals surface area contributed by atoms with Crippen LogP contribution in [0.4, 0.5) is 5.82 Å². The first-order valence-electron chi connectivity index (χ1n) is 6.68. The number of nitrogens with zero attached hydrogens (tertiary/aromatic N) is 2. The summed E-state index contributed by atoms with van der Waals surface area (Å²) in [4.78, 5) is 9.19. The predicted octanol–water partition coefficient (Wildman–Crippen LogP) is 4.48. The average molecular weight is 355 g/mol. The van der Waals surface area contributed by atoms with E-state index in [4.69, 9.17) is 11.6 Å². The first-order chi connectivity index (χ1) is 9.65. The lowest BCUT2D eigenvalue weighted by Crippen LogP contribution is -2.08. The Balaban J connectivity index is 2.37. The molecule has 0 aliphatic rings. The van der Waals surface area contributed by atoms with Crippen LogP contribution in [0, 0.1) is 0 Å². The van der Waals surface area contributed by atoms with Crippen LogP contribution < -0.4 is 5.32 Å². The fraction of sp³-hybridized carbons (Fsp3) is 0.333. The van der Waals surface area contributed by atoms with Gasteiger partial charge in [0, 0.05) is 18.0 Å². The summed E-state index contributed by atoms with van der Waals surface area (Å²) < 4.78 is 0.949. The van der Waals surface area contributed by atoms with Gasteiger partial charge in [0.15, 0.2) is 0 Å². The summed E-state index contributed by atoms with van der Waals surface area (Å²) >= 11 is 9.76. The molecule has 0 aliphatic carbocycles. The molecule has 3 nitrogen and oxygen atoms in total. The normalized spacial score (nSPS) is 10.6. The molecule has 20 heavy (non-hydrogen) atoms. The van der Waals surface area contributed by atoms with Crippen molar-refractivity contribution in [3.05, 3.63) is 50.8 Å². The zero-order chi connectivity index (χ0) is 14.5. The standard InChI is InChI=1S/C15H17BrClN3/c1-3-12-14(16)15(18-4-2)20-13(19-12)9-10-7-5-6-8-11(10)17/h5-8H,3-4,9H2,1-2H3,(H,18,19,20). The third-order valence-corrected chi connectivity index (χ3v) is 4.15. The molecular weight excluding hydrogens is 338 g/mol. The summed E-state index contributed by atoms with van der Waals surface area (Å²) in [6, 6.07) is 7.80. The van der Waals surface area contributed by atoms with Gasteiger partial charge in [-0.3, -0.25) is 0 Å². The molecule has 0 unspecified atom stereocenters. The molecule has 1 aromatic heterocycles. The molecule has 2 rings (SSSR count). The Morgan fingerprint density at radius 3 is 2.60 bits per heavy atom. The maximum absolute atomic E-state index is 6.20. The lowest BCUT2D eigenvalue weighted by molar-refractivity contribution is 0.894. The summed E-state index contributed by atoms with van der Waals surface area (Å²) in [7, 11) is 0. The van der Waals surface area contributed by atoms with E-state index < -0.39 is 0 Å². The zero-order valence-electron chi connectivity index (χ0n) is 11.6. The van der Waals surface area contributed by atoms with E-state index in [1.54, 1.807) is 0 Å². The van der Waals surface area contributed by atoms with Gasteiger partial charge in [0.1, 0.15) is 11.6 Å². The van der Waals surface area contributed by atoms with Crippen molar-refractivity contribution in [1.29, 1.82) is 0 Å². The maximum atomic E-state index is 6.20. The second kappa shape index (κ2) is 7.04. The number of hydrogen-bond acceptors (Lipinski definition) is 3. The topological polar surface area (TPSA) is 37.8 Å². The van der Waals surface area contributed by atoms with Gasteiger partial charge in [-0.25, -0.2) is 9.97 Å². The van der Waals surface area contributed by atoms with E-state index in [1.165, 1.54) is 0 Å². The van der Waals surface area contributed by atoms with Crippen LogP contribution in [0.15, 0.2) is 28.7 Å². The SMILES string of the molecule is CCNc1nc(Cc2ccccc2Cl)nc(CC)c1Br. The molecule has 0 spiro atoms. The van der Waals surface area contributed by atoms with Gasteiger partial charge in [-0.15, -0.1) is 0 Å². The first kappa shape index (κ1) is 15.3. The molecule has 0 saturated carbocycles. The van der Waals surface area contributed by atoms with Crippen LogP contribution in [0.1, 0.15) is 30.9 Å². The van der Waals surface area contributed by atoms with E-state index >= 15 is 0 Å². The molecule has 0 atom stereocenters. The van der Waals surface area contributed by atoms with E-state index in [0.29, 0.717) is 6.42 Å². The van der Waals surface area contributed by atoms with E-state index in [2.05, 4.69) is 38.1 Å². The second-order valence-electron chi connectivity index (χ2n) is 4.40. The molecule has 5 heteroatoms. The molecule has 2 aromatic rings. The van der Waals surface area contributed by atoms with Crippen LogP contribution in [0.5, 0.6) is 0 Å². The largest absolute Gasteiger partial charge is 0.369 e. The molecule has 1 heterocycles. The van der Waals surface area contributed by atoms with Crippen molar-refractivity contribution in [2.24, 2.45) is 0 Å². The number of hydrogen-bond donors (Lipinski definition) is 1. The molecule has 0 bridgehead atoms. The summed E-state index contributed by atoms with van der Waals surface area (Å²) in [5, 5.41) is 4.01. The van der Waals surface area contributed by atoms with Gasteiger partial charge < -0.3 is 5.32 Å². The van der Waals surface area contributed by atoms with Gasteiger partial charge >= 0.3 is 0 Å². The maximum Gasteiger partial charge on any atom is 0.144 e. The third kappa shape index (κ3) is 3.49. The lowest BCUT2D eigenvalue weighted by atomic mass is 10.1. The van der Waals surface area contributed by atoms with Crippen LogP contribution in [0.2, 0.25) is 5.02 Å². The number of benzene rings is 1. The molecule has 0 saturated heterocycles. The van der Waals surface area contributed by atoms with Crippen LogP contribution in [0.3, 0.4) is 0 Å². The fourth-order valence-electron chi connectivity index (χ4n) is 1.95. The zero-order valence-corrected chi connectivity index (χ0v) is 13.9. The van der Waals surface area contributed by atoms with Crippen molar-refractivity contribution in [1.82, 2.24) is 9.97 Å². The van der Waals surface area contributed by atoms with Crippen molar-refractivity contribution in [2.75, 3.05) is 11.9 Å². The van der Waals surface area contributed by atoms with Crippen LogP contribution in [-0.2, 0) is 12.8 Å². The minimum atomic E-state index is 0.637. The van der Waals surface area contributed by atoms with Gasteiger partial charge in [-0.05, 0) is 40.9 Å². The Labute approximate surface area is 132 Å². The van der Waals surface area contributed by atoms with E-state index in [1.807, 2.05) is 31.2 Å². The monoisotopic (exact) mass is 353 g/mol. The molecule has 0 radical (unpaired) electrons. The van der Waals surface area contributed by atoms with Crippen LogP contribution >= 0.6 is 27.5 Å². The minimum Gasteiger partial charge on any atom is -0.369 e. The summed E-state index contributed by atoms with van der Waals surface area (Å²) in [6.45, 7) is 4.96. The van der Waals surface area contributed by atoms with E-state index in [-0.39, 0.29) is 0 Å². The number of halogens is 2. The van der Waals surface area contributed by atoms with Gasteiger partial charge in [-0.1, -0.05) is 36.7 Å². The quantitative estimate of drug-likeness (QED) is 0.860. The molecule has 106 valence electrons. The Morgan fingerprint density at radius 1 is 1.20 bits per heavy atom. The molecular formula is C15H17BrClN3. The van der Waals surface area contributed by atoms with Gasteiger partial charge in [0.2, 0.25) is 0 Å². The van der Waals surface area contributed by atoms with E-state index in [0.717, 1.165) is 45.4 Å². The van der Waals surface area contributed by atoms with Crippen molar-refractivity contribution < 1.29 is 0 Å². The third-order valence-electron chi connectivity index (χ3n) is 2.95. The number of aryl methyl sites for hydroxylation is 1. The molecule has 0 fully saturated rings. The number of rotatable bonds is 5. The Morgan fingerprint density at radius 2 is 1.95 bits per heavy atom. The summed E-state index contributed by atoms with van der Waals surface area (Å²) in [5.74, 6) is 1.63. The van der Waals surface area contributed by atoms with Gasteiger partial charge in [0.05, 0.1) is 10.2 Å².